The second-order valence-electron chi connectivity index (χ2n) is 5.79. The number of likely N-dealkylation sites (tertiary alicyclic amines) is 1. The summed E-state index contributed by atoms with van der Waals surface area (Å²) < 4.78 is 0. The number of para-hydroxylation sites is 1. The highest BCUT2D eigenvalue weighted by atomic mass is 16.2. The Bertz CT molecular complexity index is 726. The van der Waals surface area contributed by atoms with E-state index in [2.05, 4.69) is 23.3 Å². The van der Waals surface area contributed by atoms with Crippen molar-refractivity contribution in [2.24, 2.45) is 0 Å². The number of carbonyl (C=O) groups is 2. The Morgan fingerprint density at radius 3 is 2.65 bits per heavy atom. The zero-order valence-electron chi connectivity index (χ0n) is 13.3. The Hall–Kier alpha value is -2.43. The van der Waals surface area contributed by atoms with Crippen LogP contribution in [0, 0.1) is 0 Å². The number of nitrogens with zero attached hydrogens (tertiary/aromatic N) is 2. The lowest BCUT2D eigenvalue weighted by Crippen LogP contribution is -2.33. The number of fused-ring (bicyclic) bond motifs is 1. The van der Waals surface area contributed by atoms with Crippen molar-refractivity contribution in [3.63, 3.8) is 0 Å². The number of pyridine rings is 1. The van der Waals surface area contributed by atoms with Gasteiger partial charge in [0.15, 0.2) is 0 Å². The van der Waals surface area contributed by atoms with E-state index in [-0.39, 0.29) is 11.8 Å². The summed E-state index contributed by atoms with van der Waals surface area (Å²) in [6.07, 6.45) is 2.67. The minimum Gasteiger partial charge on any atom is -0.383 e. The molecule has 2 aromatic rings. The molecule has 0 saturated carbocycles. The second-order valence-corrected chi connectivity index (χ2v) is 5.79. The van der Waals surface area contributed by atoms with Crippen LogP contribution in [0.4, 0.5) is 5.69 Å². The number of anilines is 1. The van der Waals surface area contributed by atoms with Gasteiger partial charge in [0.2, 0.25) is 11.8 Å². The summed E-state index contributed by atoms with van der Waals surface area (Å²) in [7, 11) is 0. The molecule has 2 heterocycles. The van der Waals surface area contributed by atoms with E-state index in [0.29, 0.717) is 25.9 Å². The first-order chi connectivity index (χ1) is 11.2. The third-order valence-electron chi connectivity index (χ3n) is 4.08. The zero-order chi connectivity index (χ0) is 16.2. The van der Waals surface area contributed by atoms with Gasteiger partial charge >= 0.3 is 0 Å². The van der Waals surface area contributed by atoms with Gasteiger partial charge in [-0.15, -0.1) is 0 Å². The Morgan fingerprint density at radius 2 is 1.91 bits per heavy atom. The molecule has 1 N–H and O–H groups in total. The molecule has 1 fully saturated rings. The van der Waals surface area contributed by atoms with Crippen LogP contribution in [0.3, 0.4) is 0 Å². The predicted molar refractivity (Wildman–Crippen MR) is 90.2 cm³/mol. The van der Waals surface area contributed by atoms with Crippen molar-refractivity contribution in [1.82, 2.24) is 9.88 Å². The smallest absolute Gasteiger partial charge is 0.229 e. The van der Waals surface area contributed by atoms with E-state index in [0.717, 1.165) is 35.1 Å². The van der Waals surface area contributed by atoms with Crippen LogP contribution in [0.1, 0.15) is 31.9 Å². The molecule has 1 aromatic carbocycles. The summed E-state index contributed by atoms with van der Waals surface area (Å²) in [5.74, 6) is -0.133. The minimum absolute atomic E-state index is 0.0666. The summed E-state index contributed by atoms with van der Waals surface area (Å²) in [5.41, 5.74) is 3.04. The fourth-order valence-corrected chi connectivity index (χ4v) is 2.94. The number of aromatic nitrogens is 1. The highest BCUT2D eigenvalue weighted by molar-refractivity contribution is 6.02. The van der Waals surface area contributed by atoms with E-state index in [9.17, 15) is 9.59 Å². The molecule has 1 saturated heterocycles. The van der Waals surface area contributed by atoms with Crippen LogP contribution in [0.15, 0.2) is 30.3 Å². The van der Waals surface area contributed by atoms with E-state index in [4.69, 9.17) is 0 Å². The van der Waals surface area contributed by atoms with Gasteiger partial charge in [-0.1, -0.05) is 31.5 Å². The number of hydrogen-bond donors (Lipinski definition) is 1. The molecule has 120 valence electrons. The van der Waals surface area contributed by atoms with Crippen molar-refractivity contribution in [2.45, 2.75) is 32.6 Å². The number of imide groups is 1. The van der Waals surface area contributed by atoms with Crippen molar-refractivity contribution in [2.75, 3.05) is 18.4 Å². The van der Waals surface area contributed by atoms with E-state index >= 15 is 0 Å². The SMILES string of the molecule is CCCc1cc(NCCN2C(=O)CCC2=O)c2ccccc2n1. The zero-order valence-corrected chi connectivity index (χ0v) is 13.3. The lowest BCUT2D eigenvalue weighted by atomic mass is 10.1. The summed E-state index contributed by atoms with van der Waals surface area (Å²) in [4.78, 5) is 29.3. The quantitative estimate of drug-likeness (QED) is 0.833. The van der Waals surface area contributed by atoms with Crippen LogP contribution >= 0.6 is 0 Å². The molecule has 5 nitrogen and oxygen atoms in total. The summed E-state index contributed by atoms with van der Waals surface area (Å²) in [6, 6.07) is 10.1. The molecule has 0 aliphatic carbocycles. The van der Waals surface area contributed by atoms with Crippen molar-refractivity contribution in [3.8, 4) is 0 Å². The van der Waals surface area contributed by atoms with Gasteiger partial charge in [-0.25, -0.2) is 0 Å². The second kappa shape index (κ2) is 6.77. The molecule has 0 unspecified atom stereocenters. The largest absolute Gasteiger partial charge is 0.383 e. The molecular formula is C18H21N3O2. The highest BCUT2D eigenvalue weighted by Crippen LogP contribution is 2.23. The number of carbonyl (C=O) groups excluding carboxylic acids is 2. The first-order valence-corrected chi connectivity index (χ1v) is 8.14. The number of rotatable bonds is 6. The Balaban J connectivity index is 1.76. The fourth-order valence-electron chi connectivity index (χ4n) is 2.94. The molecule has 2 amide bonds. The van der Waals surface area contributed by atoms with E-state index in [1.165, 1.54) is 4.90 Å². The van der Waals surface area contributed by atoms with Gasteiger partial charge in [0, 0.05) is 42.7 Å². The molecule has 0 spiro atoms. The van der Waals surface area contributed by atoms with Gasteiger partial charge in [0.25, 0.3) is 0 Å². The minimum atomic E-state index is -0.0666. The number of aryl methyl sites for hydroxylation is 1. The lowest BCUT2D eigenvalue weighted by molar-refractivity contribution is -0.138. The monoisotopic (exact) mass is 311 g/mol. The topological polar surface area (TPSA) is 62.3 Å². The van der Waals surface area contributed by atoms with Crippen LogP contribution in [-0.4, -0.2) is 34.8 Å². The fraction of sp³-hybridized carbons (Fsp3) is 0.389. The maximum atomic E-state index is 11.6. The Morgan fingerprint density at radius 1 is 1.17 bits per heavy atom. The van der Waals surface area contributed by atoms with Crippen molar-refractivity contribution in [3.05, 3.63) is 36.0 Å². The predicted octanol–water partition coefficient (Wildman–Crippen LogP) is 2.75. The Kier molecular flexibility index (Phi) is 4.55. The maximum Gasteiger partial charge on any atom is 0.229 e. The molecule has 0 bridgehead atoms. The molecule has 1 aliphatic rings. The molecule has 23 heavy (non-hydrogen) atoms. The van der Waals surface area contributed by atoms with Gasteiger partial charge in [0.05, 0.1) is 5.52 Å². The van der Waals surface area contributed by atoms with Gasteiger partial charge in [-0.3, -0.25) is 19.5 Å². The van der Waals surface area contributed by atoms with Crippen LogP contribution in [0.5, 0.6) is 0 Å². The van der Waals surface area contributed by atoms with Crippen LogP contribution in [-0.2, 0) is 16.0 Å². The normalized spacial score (nSPS) is 14.7. The number of hydrogen-bond acceptors (Lipinski definition) is 4. The molecule has 5 heteroatoms. The van der Waals surface area contributed by atoms with Crippen molar-refractivity contribution < 1.29 is 9.59 Å². The van der Waals surface area contributed by atoms with E-state index in [1.54, 1.807) is 0 Å². The third kappa shape index (κ3) is 3.33. The first-order valence-electron chi connectivity index (χ1n) is 8.14. The Labute approximate surface area is 135 Å². The molecule has 0 radical (unpaired) electrons. The third-order valence-corrected chi connectivity index (χ3v) is 4.08. The lowest BCUT2D eigenvalue weighted by Gasteiger charge is -2.16. The number of nitrogens with one attached hydrogen (secondary N) is 1. The number of amides is 2. The molecule has 3 rings (SSSR count). The summed E-state index contributed by atoms with van der Waals surface area (Å²) in [5, 5.41) is 4.43. The maximum absolute atomic E-state index is 11.6. The van der Waals surface area contributed by atoms with Gasteiger partial charge in [0.1, 0.15) is 0 Å². The standard InChI is InChI=1S/C18H21N3O2/c1-2-5-13-12-16(14-6-3-4-7-15(14)20-13)19-10-11-21-17(22)8-9-18(21)23/h3-4,6-7,12H,2,5,8-11H2,1H3,(H,19,20). The van der Waals surface area contributed by atoms with E-state index in [1.807, 2.05) is 24.3 Å². The average molecular weight is 311 g/mol. The van der Waals surface area contributed by atoms with E-state index < -0.39 is 0 Å². The highest BCUT2D eigenvalue weighted by Gasteiger charge is 2.28. The summed E-state index contributed by atoms with van der Waals surface area (Å²) >= 11 is 0. The van der Waals surface area contributed by atoms with Crippen molar-refractivity contribution >= 4 is 28.4 Å². The van der Waals surface area contributed by atoms with Crippen LogP contribution in [0.2, 0.25) is 0 Å². The van der Waals surface area contributed by atoms with Gasteiger partial charge in [-0.05, 0) is 18.6 Å². The number of benzene rings is 1. The average Bonchev–Trinajstić information content (AvgIpc) is 2.87. The van der Waals surface area contributed by atoms with Gasteiger partial charge in [-0.2, -0.15) is 0 Å². The molecule has 1 aliphatic heterocycles. The van der Waals surface area contributed by atoms with Crippen LogP contribution < -0.4 is 5.32 Å². The molecule has 0 atom stereocenters. The molecule has 1 aromatic heterocycles. The van der Waals surface area contributed by atoms with Crippen LogP contribution in [0.25, 0.3) is 10.9 Å². The van der Waals surface area contributed by atoms with Crippen molar-refractivity contribution in [1.29, 1.82) is 0 Å². The summed E-state index contributed by atoms with van der Waals surface area (Å²) in [6.45, 7) is 3.10. The first kappa shape index (κ1) is 15.5. The van der Waals surface area contributed by atoms with Gasteiger partial charge < -0.3 is 5.32 Å². The molecular weight excluding hydrogens is 290 g/mol.